The molecule has 16 heteroatoms. The van der Waals surface area contributed by atoms with E-state index in [1.807, 2.05) is 54.5 Å². The molecule has 0 atom stereocenters. The summed E-state index contributed by atoms with van der Waals surface area (Å²) in [6.07, 6.45) is 0. The number of aliphatic hydroxyl groups is 6. The molecule has 5 aromatic rings. The van der Waals surface area contributed by atoms with E-state index in [4.69, 9.17) is 64.7 Å². The maximum atomic E-state index is 9.26. The Morgan fingerprint density at radius 1 is 0.348 bits per heavy atom. The number of hydrogen-bond donors (Lipinski definition) is 10. The second-order valence-electron chi connectivity index (χ2n) is 16.2. The SMILES string of the molecule is Cc1cc(O)ccc1N.Cc1cc(O)ccc1N(CCO)CCO.Cc1cc(O)ccc1N(CCO)CCO.Cc1ccc(N(CCCl)CCCl)c(C)c1.Cc1ccc(N(CCO)CCO)c(C)c1. The molecular weight excluding hydrogens is 922 g/mol. The van der Waals surface area contributed by atoms with Crippen molar-refractivity contribution in [3.63, 3.8) is 0 Å². The van der Waals surface area contributed by atoms with Gasteiger partial charge in [0.1, 0.15) is 17.2 Å². The van der Waals surface area contributed by atoms with E-state index in [1.165, 1.54) is 27.9 Å². The van der Waals surface area contributed by atoms with Gasteiger partial charge >= 0.3 is 0 Å². The second-order valence-corrected chi connectivity index (χ2v) is 17.0. The van der Waals surface area contributed by atoms with Crippen LogP contribution in [0.1, 0.15) is 38.9 Å². The summed E-state index contributed by atoms with van der Waals surface area (Å²) in [5.74, 6) is 1.98. The number of alkyl halides is 2. The lowest BCUT2D eigenvalue weighted by Crippen LogP contribution is -2.30. The topological polar surface area (TPSA) is 221 Å². The van der Waals surface area contributed by atoms with Crippen molar-refractivity contribution in [3.8, 4) is 17.2 Å². The fourth-order valence-electron chi connectivity index (χ4n) is 7.31. The van der Waals surface area contributed by atoms with Crippen LogP contribution in [0.2, 0.25) is 0 Å². The molecule has 11 N–H and O–H groups in total. The quantitative estimate of drug-likeness (QED) is 0.0217. The van der Waals surface area contributed by atoms with E-state index in [0.717, 1.165) is 46.8 Å². The molecule has 384 valence electrons. The number of benzene rings is 5. The van der Waals surface area contributed by atoms with Gasteiger partial charge in [0.05, 0.1) is 39.6 Å². The average molecular weight is 1000 g/mol. The Labute approximate surface area is 420 Å². The van der Waals surface area contributed by atoms with Crippen molar-refractivity contribution in [1.29, 1.82) is 0 Å². The van der Waals surface area contributed by atoms with Gasteiger partial charge in [-0.1, -0.05) is 35.4 Å². The van der Waals surface area contributed by atoms with Gasteiger partial charge in [0.15, 0.2) is 0 Å². The molecule has 69 heavy (non-hydrogen) atoms. The Morgan fingerprint density at radius 3 is 0.826 bits per heavy atom. The Bertz CT molecular complexity index is 1910. The first kappa shape index (κ1) is 61.9. The lowest BCUT2D eigenvalue weighted by atomic mass is 10.1. The van der Waals surface area contributed by atoms with E-state index in [2.05, 4.69) is 49.9 Å². The number of halogens is 2. The lowest BCUT2D eigenvalue weighted by molar-refractivity contribution is 0.280. The molecular formula is C53H79Cl2N5O9. The Hall–Kier alpha value is -5.16. The van der Waals surface area contributed by atoms with Crippen LogP contribution in [0, 0.1) is 48.5 Å². The normalized spacial score (nSPS) is 10.2. The third kappa shape index (κ3) is 23.3. The molecule has 5 aromatic carbocycles. The number of phenols is 3. The third-order valence-corrected chi connectivity index (χ3v) is 10.9. The lowest BCUT2D eigenvalue weighted by Gasteiger charge is -2.25. The van der Waals surface area contributed by atoms with Crippen LogP contribution in [-0.4, -0.2) is 150 Å². The van der Waals surface area contributed by atoms with Crippen molar-refractivity contribution in [1.82, 2.24) is 0 Å². The summed E-state index contributed by atoms with van der Waals surface area (Å²) in [4.78, 5) is 7.99. The first-order valence-corrected chi connectivity index (χ1v) is 24.1. The smallest absolute Gasteiger partial charge is 0.115 e. The number of nitrogens with zero attached hydrogens (tertiary/aromatic N) is 4. The van der Waals surface area contributed by atoms with Gasteiger partial charge in [-0.2, -0.15) is 0 Å². The minimum absolute atomic E-state index is 0.0420. The summed E-state index contributed by atoms with van der Waals surface area (Å²) in [7, 11) is 0. The van der Waals surface area contributed by atoms with E-state index in [-0.39, 0.29) is 56.9 Å². The van der Waals surface area contributed by atoms with Gasteiger partial charge in [0.25, 0.3) is 0 Å². The molecule has 0 aliphatic heterocycles. The van der Waals surface area contributed by atoms with Crippen molar-refractivity contribution >= 4 is 51.6 Å². The van der Waals surface area contributed by atoms with Gasteiger partial charge in [-0.25, -0.2) is 0 Å². The number of phenolic OH excluding ortho intramolecular Hbond substituents is 3. The number of nitrogen functional groups attached to an aromatic ring is 1. The number of aliphatic hydroxyl groups excluding tert-OH is 6. The maximum absolute atomic E-state index is 9.26. The zero-order valence-corrected chi connectivity index (χ0v) is 43.1. The van der Waals surface area contributed by atoms with E-state index in [1.54, 1.807) is 54.6 Å². The van der Waals surface area contributed by atoms with Crippen molar-refractivity contribution in [2.75, 3.05) is 129 Å². The highest BCUT2D eigenvalue weighted by atomic mass is 35.5. The largest absolute Gasteiger partial charge is 0.508 e. The van der Waals surface area contributed by atoms with Gasteiger partial charge in [-0.05, 0) is 143 Å². The Morgan fingerprint density at radius 2 is 0.594 bits per heavy atom. The molecule has 5 rings (SSSR count). The predicted octanol–water partition coefficient (Wildman–Crippen LogP) is 6.95. The standard InChI is InChI=1S/C12H17Cl2N.C12H19NO2.2C11H17NO3.C7H9NO/c1-10-3-4-12(11(2)9-10)15(7-5-13)8-6-14;1-10-3-4-12(11(2)9-10)13(5-7-14)6-8-15;2*1-9-8-10(15)2-3-11(9)12(4-6-13)5-7-14;1-5-4-6(9)2-3-7(5)8/h3-4,9H,5-8H2,1-2H3;3-4,9,14-15H,5-8H2,1-2H3;2*2-3,8,13-15H,4-7H2,1H3;2-4,9H,8H2,1H3. The molecule has 0 saturated heterocycles. The summed E-state index contributed by atoms with van der Waals surface area (Å²) < 4.78 is 0. The Balaban J connectivity index is 0.000000435. The number of aromatic hydroxyl groups is 3. The average Bonchev–Trinajstić information content (AvgIpc) is 3.29. The van der Waals surface area contributed by atoms with Crippen LogP contribution in [0.3, 0.4) is 0 Å². The molecule has 14 nitrogen and oxygen atoms in total. The van der Waals surface area contributed by atoms with Gasteiger partial charge < -0.3 is 71.3 Å². The Kier molecular flexibility index (Phi) is 31.4. The van der Waals surface area contributed by atoms with Crippen molar-refractivity contribution in [2.45, 2.75) is 48.5 Å². The van der Waals surface area contributed by atoms with Gasteiger partial charge in [0.2, 0.25) is 0 Å². The van der Waals surface area contributed by atoms with Crippen LogP contribution in [0.15, 0.2) is 91.0 Å². The second kappa shape index (κ2) is 35.0. The zero-order valence-electron chi connectivity index (χ0n) is 41.6. The third-order valence-electron chi connectivity index (χ3n) is 10.6. The summed E-state index contributed by atoms with van der Waals surface area (Å²) in [5.41, 5.74) is 18.1. The van der Waals surface area contributed by atoms with Crippen LogP contribution in [0.4, 0.5) is 28.4 Å². The van der Waals surface area contributed by atoms with Crippen molar-refractivity contribution < 1.29 is 46.0 Å². The first-order valence-electron chi connectivity index (χ1n) is 23.0. The highest BCUT2D eigenvalue weighted by Crippen LogP contribution is 2.26. The fourth-order valence-corrected chi connectivity index (χ4v) is 7.72. The number of aryl methyl sites for hydroxylation is 7. The monoisotopic (exact) mass is 1000 g/mol. The van der Waals surface area contributed by atoms with Crippen LogP contribution in [0.5, 0.6) is 17.2 Å². The number of nitrogens with two attached hydrogens (primary N) is 1. The first-order chi connectivity index (χ1) is 32.9. The zero-order chi connectivity index (χ0) is 51.9. The predicted molar refractivity (Wildman–Crippen MR) is 288 cm³/mol. The van der Waals surface area contributed by atoms with Crippen LogP contribution >= 0.6 is 23.2 Å². The number of rotatable bonds is 20. The van der Waals surface area contributed by atoms with Crippen molar-refractivity contribution in [3.05, 3.63) is 130 Å². The van der Waals surface area contributed by atoms with E-state index in [0.29, 0.717) is 56.7 Å². The minimum atomic E-state index is 0.0420. The maximum Gasteiger partial charge on any atom is 0.115 e. The molecule has 0 heterocycles. The molecule has 0 unspecified atom stereocenters. The minimum Gasteiger partial charge on any atom is -0.508 e. The van der Waals surface area contributed by atoms with E-state index in [9.17, 15) is 10.2 Å². The summed E-state index contributed by atoms with van der Waals surface area (Å²) >= 11 is 11.6. The molecule has 0 saturated carbocycles. The molecule has 0 aliphatic rings. The summed E-state index contributed by atoms with van der Waals surface area (Å²) in [5, 5.41) is 80.9. The number of anilines is 5. The van der Waals surface area contributed by atoms with Crippen LogP contribution in [-0.2, 0) is 0 Å². The fraction of sp³-hybridized carbons (Fsp3) is 0.434. The number of hydrogen-bond acceptors (Lipinski definition) is 14. The molecule has 0 fully saturated rings. The summed E-state index contributed by atoms with van der Waals surface area (Å²) in [6.45, 7) is 19.1. The van der Waals surface area contributed by atoms with E-state index < -0.39 is 0 Å². The molecule has 0 bridgehead atoms. The highest BCUT2D eigenvalue weighted by molar-refractivity contribution is 6.18. The van der Waals surface area contributed by atoms with Gasteiger partial charge in [-0.3, -0.25) is 0 Å². The highest BCUT2D eigenvalue weighted by Gasteiger charge is 2.11. The van der Waals surface area contributed by atoms with Gasteiger partial charge in [0, 0.05) is 92.6 Å². The van der Waals surface area contributed by atoms with Crippen LogP contribution in [0.25, 0.3) is 0 Å². The molecule has 0 aliphatic carbocycles. The molecule has 0 spiro atoms. The molecule has 0 radical (unpaired) electrons. The molecule has 0 aromatic heterocycles. The summed E-state index contributed by atoms with van der Waals surface area (Å²) in [6, 6.07) is 27.6. The van der Waals surface area contributed by atoms with Gasteiger partial charge in [-0.15, -0.1) is 23.2 Å². The van der Waals surface area contributed by atoms with E-state index >= 15 is 0 Å². The molecule has 0 amide bonds. The van der Waals surface area contributed by atoms with Crippen molar-refractivity contribution in [2.24, 2.45) is 0 Å². The van der Waals surface area contributed by atoms with Crippen LogP contribution < -0.4 is 25.3 Å².